The van der Waals surface area contributed by atoms with E-state index in [0.717, 1.165) is 0 Å². The van der Waals surface area contributed by atoms with Gasteiger partial charge in [0, 0.05) is 11.4 Å². The summed E-state index contributed by atoms with van der Waals surface area (Å²) in [5.41, 5.74) is 2.27. The quantitative estimate of drug-likeness (QED) is 0.648. The fourth-order valence-electron chi connectivity index (χ4n) is 2.32. The van der Waals surface area contributed by atoms with E-state index in [1.165, 1.54) is 0 Å². The Morgan fingerprint density at radius 1 is 1.07 bits per heavy atom. The lowest BCUT2D eigenvalue weighted by molar-refractivity contribution is 0.102. The number of hydrogen-bond acceptors (Lipinski definition) is 5. The zero-order valence-corrected chi connectivity index (χ0v) is 15.6. The average molecular weight is 398 g/mol. The van der Waals surface area contributed by atoms with Crippen LogP contribution in [-0.2, 0) is 0 Å². The van der Waals surface area contributed by atoms with Gasteiger partial charge in [0.25, 0.3) is 5.91 Å². The van der Waals surface area contributed by atoms with Crippen LogP contribution in [0.25, 0.3) is 0 Å². The topological polar surface area (TPSA) is 90.7 Å². The summed E-state index contributed by atoms with van der Waals surface area (Å²) in [6.45, 7) is 1.75. The highest BCUT2D eigenvalue weighted by atomic mass is 35.5. The van der Waals surface area contributed by atoms with Crippen molar-refractivity contribution in [3.05, 3.63) is 75.5 Å². The highest BCUT2D eigenvalue weighted by Crippen LogP contribution is 2.25. The highest BCUT2D eigenvalue weighted by molar-refractivity contribution is 6.42. The van der Waals surface area contributed by atoms with Crippen molar-refractivity contribution in [3.63, 3.8) is 0 Å². The van der Waals surface area contributed by atoms with Gasteiger partial charge in [0.2, 0.25) is 5.95 Å². The van der Waals surface area contributed by atoms with Gasteiger partial charge in [0.1, 0.15) is 11.8 Å². The van der Waals surface area contributed by atoms with Crippen molar-refractivity contribution in [2.75, 3.05) is 10.6 Å². The molecule has 6 nitrogen and oxygen atoms in total. The molecule has 1 aromatic heterocycles. The van der Waals surface area contributed by atoms with Crippen LogP contribution in [0.3, 0.4) is 0 Å². The van der Waals surface area contributed by atoms with Crippen LogP contribution < -0.4 is 10.6 Å². The van der Waals surface area contributed by atoms with Crippen LogP contribution in [-0.4, -0.2) is 15.9 Å². The van der Waals surface area contributed by atoms with E-state index < -0.39 is 5.91 Å². The Balaban J connectivity index is 1.85. The van der Waals surface area contributed by atoms with Gasteiger partial charge in [0.05, 0.1) is 21.3 Å². The number of aryl methyl sites for hydroxylation is 1. The lowest BCUT2D eigenvalue weighted by atomic mass is 10.2. The van der Waals surface area contributed by atoms with Crippen LogP contribution in [0.4, 0.5) is 17.3 Å². The van der Waals surface area contributed by atoms with E-state index in [2.05, 4.69) is 26.7 Å². The zero-order valence-electron chi connectivity index (χ0n) is 14.1. The second kappa shape index (κ2) is 8.04. The first-order valence-electron chi connectivity index (χ1n) is 7.84. The number of benzene rings is 2. The highest BCUT2D eigenvalue weighted by Gasteiger charge is 2.13. The molecule has 0 fully saturated rings. The minimum atomic E-state index is -0.421. The molecule has 3 rings (SSSR count). The molecule has 3 aromatic rings. The molecule has 0 atom stereocenters. The number of halogens is 2. The monoisotopic (exact) mass is 397 g/mol. The van der Waals surface area contributed by atoms with Crippen molar-refractivity contribution < 1.29 is 4.79 Å². The molecule has 1 amide bonds. The summed E-state index contributed by atoms with van der Waals surface area (Å²) in [7, 11) is 0. The van der Waals surface area contributed by atoms with E-state index in [1.54, 1.807) is 55.5 Å². The molecule has 0 unspecified atom stereocenters. The number of nitriles is 1. The van der Waals surface area contributed by atoms with Gasteiger partial charge in [0.15, 0.2) is 0 Å². The van der Waals surface area contributed by atoms with Gasteiger partial charge >= 0.3 is 0 Å². The normalized spacial score (nSPS) is 10.1. The molecular weight excluding hydrogens is 385 g/mol. The van der Waals surface area contributed by atoms with Crippen molar-refractivity contribution in [2.45, 2.75) is 6.92 Å². The SMILES string of the molecule is Cc1cc(C(=O)Nc2ccc(Cl)c(Cl)c2)nc(Nc2ccccc2C#N)n1. The molecule has 2 N–H and O–H groups in total. The van der Waals surface area contributed by atoms with Gasteiger partial charge in [-0.3, -0.25) is 4.79 Å². The molecule has 0 spiro atoms. The summed E-state index contributed by atoms with van der Waals surface area (Å²) >= 11 is 11.8. The third-order valence-electron chi connectivity index (χ3n) is 3.56. The second-order valence-corrected chi connectivity index (χ2v) is 6.40. The zero-order chi connectivity index (χ0) is 19.4. The van der Waals surface area contributed by atoms with E-state index in [1.807, 2.05) is 0 Å². The molecule has 0 aliphatic rings. The summed E-state index contributed by atoms with van der Waals surface area (Å²) in [5.74, 6) is -0.201. The van der Waals surface area contributed by atoms with Gasteiger partial charge in [-0.05, 0) is 43.3 Å². The largest absolute Gasteiger partial charge is 0.323 e. The van der Waals surface area contributed by atoms with Gasteiger partial charge < -0.3 is 10.6 Å². The second-order valence-electron chi connectivity index (χ2n) is 5.58. The third kappa shape index (κ3) is 4.53. The molecule has 2 aromatic carbocycles. The maximum Gasteiger partial charge on any atom is 0.274 e. The van der Waals surface area contributed by atoms with Gasteiger partial charge in [-0.1, -0.05) is 35.3 Å². The number of carbonyl (C=O) groups is 1. The fourth-order valence-corrected chi connectivity index (χ4v) is 2.62. The van der Waals surface area contributed by atoms with Gasteiger partial charge in [-0.15, -0.1) is 0 Å². The Morgan fingerprint density at radius 3 is 2.59 bits per heavy atom. The number of hydrogen-bond donors (Lipinski definition) is 2. The minimum Gasteiger partial charge on any atom is -0.323 e. The predicted octanol–water partition coefficient (Wildman–Crippen LogP) is 4.96. The number of amides is 1. The van der Waals surface area contributed by atoms with Crippen molar-refractivity contribution in [2.24, 2.45) is 0 Å². The van der Waals surface area contributed by atoms with Crippen LogP contribution in [0.2, 0.25) is 10.0 Å². The van der Waals surface area contributed by atoms with E-state index in [0.29, 0.717) is 32.7 Å². The number of rotatable bonds is 4. The van der Waals surface area contributed by atoms with E-state index in [9.17, 15) is 10.1 Å². The predicted molar refractivity (Wildman–Crippen MR) is 106 cm³/mol. The number of nitrogens with zero attached hydrogens (tertiary/aromatic N) is 3. The molecule has 0 aliphatic carbocycles. The summed E-state index contributed by atoms with van der Waals surface area (Å²) in [5, 5.41) is 15.6. The van der Waals surface area contributed by atoms with Crippen molar-refractivity contribution in [1.82, 2.24) is 9.97 Å². The number of para-hydroxylation sites is 1. The summed E-state index contributed by atoms with van der Waals surface area (Å²) < 4.78 is 0. The average Bonchev–Trinajstić information content (AvgIpc) is 2.64. The Morgan fingerprint density at radius 2 is 1.85 bits per heavy atom. The molecule has 1 heterocycles. The lowest BCUT2D eigenvalue weighted by Crippen LogP contribution is -2.15. The van der Waals surface area contributed by atoms with E-state index in [-0.39, 0.29) is 11.6 Å². The molecule has 8 heteroatoms. The van der Waals surface area contributed by atoms with Crippen molar-refractivity contribution in [1.29, 1.82) is 5.26 Å². The van der Waals surface area contributed by atoms with Crippen LogP contribution in [0, 0.1) is 18.3 Å². The molecule has 0 radical (unpaired) electrons. The Bertz CT molecular complexity index is 1060. The lowest BCUT2D eigenvalue weighted by Gasteiger charge is -2.10. The molecule has 0 saturated carbocycles. The van der Waals surface area contributed by atoms with Crippen LogP contribution in [0.5, 0.6) is 0 Å². The maximum absolute atomic E-state index is 12.5. The van der Waals surface area contributed by atoms with Crippen LogP contribution >= 0.6 is 23.2 Å². The molecular formula is C19H13Cl2N5O. The Kier molecular flexibility index (Phi) is 5.55. The third-order valence-corrected chi connectivity index (χ3v) is 4.30. The van der Waals surface area contributed by atoms with Crippen LogP contribution in [0.15, 0.2) is 48.5 Å². The molecule has 134 valence electrons. The first kappa shape index (κ1) is 18.6. The van der Waals surface area contributed by atoms with E-state index in [4.69, 9.17) is 23.2 Å². The number of nitrogens with one attached hydrogen (secondary N) is 2. The molecule has 0 saturated heterocycles. The van der Waals surface area contributed by atoms with Crippen LogP contribution in [0.1, 0.15) is 21.7 Å². The molecule has 0 aliphatic heterocycles. The van der Waals surface area contributed by atoms with Gasteiger partial charge in [-0.25, -0.2) is 9.97 Å². The fraction of sp³-hybridized carbons (Fsp3) is 0.0526. The standard InChI is InChI=1S/C19H13Cl2N5O/c1-11-8-17(18(27)24-13-6-7-14(20)15(21)9-13)26-19(23-11)25-16-5-3-2-4-12(16)10-22/h2-9H,1H3,(H,24,27)(H,23,25,26). The number of anilines is 3. The summed E-state index contributed by atoms with van der Waals surface area (Å²) in [6.07, 6.45) is 0. The molecule has 27 heavy (non-hydrogen) atoms. The first-order valence-corrected chi connectivity index (χ1v) is 8.60. The number of aromatic nitrogens is 2. The number of carbonyl (C=O) groups excluding carboxylic acids is 1. The van der Waals surface area contributed by atoms with Crippen molar-refractivity contribution >= 4 is 46.4 Å². The summed E-state index contributed by atoms with van der Waals surface area (Å²) in [4.78, 5) is 21.0. The summed E-state index contributed by atoms with van der Waals surface area (Å²) in [6, 6.07) is 15.4. The smallest absolute Gasteiger partial charge is 0.274 e. The Hall–Kier alpha value is -3.14. The van der Waals surface area contributed by atoms with Gasteiger partial charge in [-0.2, -0.15) is 5.26 Å². The minimum absolute atomic E-state index is 0.172. The Labute approximate surface area is 165 Å². The molecule has 0 bridgehead atoms. The van der Waals surface area contributed by atoms with Crippen molar-refractivity contribution in [3.8, 4) is 6.07 Å². The maximum atomic E-state index is 12.5. The van der Waals surface area contributed by atoms with E-state index >= 15 is 0 Å². The first-order chi connectivity index (χ1) is 13.0.